The topological polar surface area (TPSA) is 47.6 Å². The molecule has 0 fully saturated rings. The molecule has 5 heteroatoms. The lowest BCUT2D eigenvalue weighted by Crippen LogP contribution is -2.53. The molecule has 1 atom stereocenters. The van der Waals surface area contributed by atoms with Gasteiger partial charge in [0.25, 0.3) is 0 Å². The first-order valence-electron chi connectivity index (χ1n) is 5.89. The third-order valence-electron chi connectivity index (χ3n) is 2.42. The van der Waals surface area contributed by atoms with Gasteiger partial charge in [0.1, 0.15) is 5.54 Å². The lowest BCUT2D eigenvalue weighted by atomic mass is 9.98. The fraction of sp³-hybridized carbons (Fsp3) is 0.917. The number of thioether (sulfide) groups is 1. The fourth-order valence-corrected chi connectivity index (χ4v) is 2.66. The summed E-state index contributed by atoms with van der Waals surface area (Å²) in [6.07, 6.45) is 0.756. The zero-order valence-electron chi connectivity index (χ0n) is 11.5. The van der Waals surface area contributed by atoms with E-state index < -0.39 is 5.54 Å². The number of ether oxygens (including phenoxy) is 2. The van der Waals surface area contributed by atoms with Crippen molar-refractivity contribution < 1.29 is 14.3 Å². The number of nitrogens with one attached hydrogen (secondary N) is 1. The van der Waals surface area contributed by atoms with Crippen LogP contribution in [0.5, 0.6) is 0 Å². The van der Waals surface area contributed by atoms with Crippen LogP contribution in [0.1, 0.15) is 27.2 Å². The van der Waals surface area contributed by atoms with Crippen molar-refractivity contribution in [1.29, 1.82) is 0 Å². The number of rotatable bonds is 9. The van der Waals surface area contributed by atoms with Gasteiger partial charge in [-0.2, -0.15) is 11.8 Å². The molecule has 4 nitrogen and oxygen atoms in total. The predicted molar refractivity (Wildman–Crippen MR) is 72.5 cm³/mol. The largest absolute Gasteiger partial charge is 0.468 e. The molecule has 1 N–H and O–H groups in total. The number of hydrogen-bond donors (Lipinski definition) is 1. The van der Waals surface area contributed by atoms with Gasteiger partial charge >= 0.3 is 5.97 Å². The summed E-state index contributed by atoms with van der Waals surface area (Å²) in [4.78, 5) is 11.8. The summed E-state index contributed by atoms with van der Waals surface area (Å²) in [5.74, 6) is 1.67. The molecule has 0 rings (SSSR count). The normalized spacial score (nSPS) is 14.7. The minimum atomic E-state index is -0.594. The molecule has 0 aliphatic carbocycles. The summed E-state index contributed by atoms with van der Waals surface area (Å²) < 4.78 is 9.84. The van der Waals surface area contributed by atoms with Crippen molar-refractivity contribution in [3.63, 3.8) is 0 Å². The molecule has 0 amide bonds. The van der Waals surface area contributed by atoms with Crippen molar-refractivity contribution in [2.45, 2.75) is 38.8 Å². The van der Waals surface area contributed by atoms with Crippen molar-refractivity contribution in [3.8, 4) is 0 Å². The Labute approximate surface area is 109 Å². The standard InChI is InChI=1S/C12H25NO3S/c1-10(2)13-12(3,11(14)16-5)6-8-17-9-7-15-4/h10,13H,6-9H2,1-5H3. The lowest BCUT2D eigenvalue weighted by Gasteiger charge is -2.30. The number of esters is 1. The first kappa shape index (κ1) is 16.7. The Morgan fingerprint density at radius 3 is 2.47 bits per heavy atom. The van der Waals surface area contributed by atoms with Gasteiger partial charge in [0, 0.05) is 18.9 Å². The van der Waals surface area contributed by atoms with Crippen LogP contribution >= 0.6 is 11.8 Å². The summed E-state index contributed by atoms with van der Waals surface area (Å²) in [6, 6.07) is 0.253. The monoisotopic (exact) mass is 263 g/mol. The molecule has 0 spiro atoms. The number of carbonyl (C=O) groups excluding carboxylic acids is 1. The van der Waals surface area contributed by atoms with Gasteiger partial charge in [0.05, 0.1) is 13.7 Å². The highest BCUT2D eigenvalue weighted by Crippen LogP contribution is 2.17. The van der Waals surface area contributed by atoms with Crippen LogP contribution < -0.4 is 5.32 Å². The molecule has 17 heavy (non-hydrogen) atoms. The third-order valence-corrected chi connectivity index (χ3v) is 3.37. The van der Waals surface area contributed by atoms with Gasteiger partial charge in [-0.3, -0.25) is 10.1 Å². The van der Waals surface area contributed by atoms with Crippen LogP contribution in [-0.2, 0) is 14.3 Å². The van der Waals surface area contributed by atoms with Crippen LogP contribution in [0, 0.1) is 0 Å². The number of hydrogen-bond acceptors (Lipinski definition) is 5. The van der Waals surface area contributed by atoms with E-state index in [0.29, 0.717) is 0 Å². The van der Waals surface area contributed by atoms with E-state index in [2.05, 4.69) is 5.32 Å². The highest BCUT2D eigenvalue weighted by atomic mass is 32.2. The van der Waals surface area contributed by atoms with Gasteiger partial charge < -0.3 is 9.47 Å². The van der Waals surface area contributed by atoms with Gasteiger partial charge in [-0.15, -0.1) is 0 Å². The van der Waals surface area contributed by atoms with Crippen LogP contribution in [0.4, 0.5) is 0 Å². The van der Waals surface area contributed by atoms with Crippen molar-refractivity contribution in [2.24, 2.45) is 0 Å². The van der Waals surface area contributed by atoms with E-state index in [1.54, 1.807) is 18.9 Å². The zero-order valence-corrected chi connectivity index (χ0v) is 12.4. The number of carbonyl (C=O) groups is 1. The Balaban J connectivity index is 4.15. The first-order valence-corrected chi connectivity index (χ1v) is 7.04. The molecule has 0 aromatic heterocycles. The maximum atomic E-state index is 11.8. The Hall–Kier alpha value is -0.260. The summed E-state index contributed by atoms with van der Waals surface area (Å²) in [7, 11) is 3.13. The van der Waals surface area contributed by atoms with E-state index in [9.17, 15) is 4.79 Å². The van der Waals surface area contributed by atoms with E-state index in [1.807, 2.05) is 20.8 Å². The van der Waals surface area contributed by atoms with E-state index in [-0.39, 0.29) is 12.0 Å². The molecule has 0 saturated carbocycles. The fourth-order valence-electron chi connectivity index (χ4n) is 1.62. The van der Waals surface area contributed by atoms with E-state index >= 15 is 0 Å². The maximum Gasteiger partial charge on any atom is 0.325 e. The van der Waals surface area contributed by atoms with E-state index in [0.717, 1.165) is 24.5 Å². The van der Waals surface area contributed by atoms with Gasteiger partial charge in [-0.1, -0.05) is 0 Å². The average Bonchev–Trinajstić information content (AvgIpc) is 2.26. The van der Waals surface area contributed by atoms with Crippen molar-refractivity contribution in [1.82, 2.24) is 5.32 Å². The predicted octanol–water partition coefficient (Wildman–Crippen LogP) is 1.69. The van der Waals surface area contributed by atoms with Crippen LogP contribution in [0.25, 0.3) is 0 Å². The molecule has 0 heterocycles. The molecular weight excluding hydrogens is 238 g/mol. The molecule has 0 radical (unpaired) electrons. The SMILES string of the molecule is COCCSCCC(C)(NC(C)C)C(=O)OC. The second-order valence-electron chi connectivity index (χ2n) is 4.48. The Bertz CT molecular complexity index is 224. The second kappa shape index (κ2) is 8.78. The first-order chi connectivity index (χ1) is 7.96. The molecule has 0 saturated heterocycles. The minimum Gasteiger partial charge on any atom is -0.468 e. The lowest BCUT2D eigenvalue weighted by molar-refractivity contribution is -0.148. The smallest absolute Gasteiger partial charge is 0.325 e. The summed E-state index contributed by atoms with van der Waals surface area (Å²) >= 11 is 1.79. The summed E-state index contributed by atoms with van der Waals surface area (Å²) in [5, 5.41) is 3.28. The molecular formula is C12H25NO3S. The Morgan fingerprint density at radius 1 is 1.35 bits per heavy atom. The van der Waals surface area contributed by atoms with Gasteiger partial charge in [0.15, 0.2) is 0 Å². The highest BCUT2D eigenvalue weighted by Gasteiger charge is 2.34. The minimum absolute atomic E-state index is 0.196. The molecule has 102 valence electrons. The molecule has 0 bridgehead atoms. The average molecular weight is 263 g/mol. The summed E-state index contributed by atoms with van der Waals surface area (Å²) in [5.41, 5.74) is -0.594. The quantitative estimate of drug-likeness (QED) is 0.507. The molecule has 0 aliphatic rings. The van der Waals surface area contributed by atoms with Gasteiger partial charge in [-0.25, -0.2) is 0 Å². The maximum absolute atomic E-state index is 11.8. The van der Waals surface area contributed by atoms with Gasteiger partial charge in [-0.05, 0) is 32.9 Å². The van der Waals surface area contributed by atoms with Crippen molar-refractivity contribution in [3.05, 3.63) is 0 Å². The molecule has 0 aromatic carbocycles. The summed E-state index contributed by atoms with van der Waals surface area (Å²) in [6.45, 7) is 6.70. The van der Waals surface area contributed by atoms with Crippen molar-refractivity contribution >= 4 is 17.7 Å². The van der Waals surface area contributed by atoms with Crippen LogP contribution in [0.15, 0.2) is 0 Å². The van der Waals surface area contributed by atoms with Crippen LogP contribution in [0.3, 0.4) is 0 Å². The zero-order chi connectivity index (χ0) is 13.3. The van der Waals surface area contributed by atoms with E-state index in [4.69, 9.17) is 9.47 Å². The Kier molecular flexibility index (Phi) is 8.64. The number of methoxy groups -OCH3 is 2. The molecule has 0 aromatic rings. The highest BCUT2D eigenvalue weighted by molar-refractivity contribution is 7.99. The molecule has 0 aliphatic heterocycles. The molecule has 1 unspecified atom stereocenters. The second-order valence-corrected chi connectivity index (χ2v) is 5.70. The van der Waals surface area contributed by atoms with Crippen molar-refractivity contribution in [2.75, 3.05) is 32.3 Å². The Morgan fingerprint density at radius 2 is 2.00 bits per heavy atom. The van der Waals surface area contributed by atoms with E-state index in [1.165, 1.54) is 7.11 Å². The van der Waals surface area contributed by atoms with Crippen LogP contribution in [-0.4, -0.2) is 49.9 Å². The van der Waals surface area contributed by atoms with Gasteiger partial charge in [0.2, 0.25) is 0 Å². The third kappa shape index (κ3) is 6.91. The van der Waals surface area contributed by atoms with Crippen LogP contribution in [0.2, 0.25) is 0 Å².